The Balaban J connectivity index is 2.69. The fourth-order valence-electron chi connectivity index (χ4n) is 1.20. The van der Waals surface area contributed by atoms with Crippen LogP contribution in [0.3, 0.4) is 0 Å². The van der Waals surface area contributed by atoms with Crippen LogP contribution in [0, 0.1) is 6.92 Å². The lowest BCUT2D eigenvalue weighted by Gasteiger charge is -2.09. The summed E-state index contributed by atoms with van der Waals surface area (Å²) >= 11 is 0. The van der Waals surface area contributed by atoms with E-state index in [-0.39, 0.29) is 0 Å². The molecule has 78 valence electrons. The van der Waals surface area contributed by atoms with Crippen molar-refractivity contribution < 1.29 is 0 Å². The maximum Gasteiger partial charge on any atom is 0.0198 e. The maximum absolute atomic E-state index is 2.29. The van der Waals surface area contributed by atoms with Crippen molar-refractivity contribution >= 4 is 21.8 Å². The first-order chi connectivity index (χ1) is 6.63. The molecule has 0 aromatic heterocycles. The van der Waals surface area contributed by atoms with Crippen LogP contribution in [-0.4, -0.2) is 18.4 Å². The highest BCUT2D eigenvalue weighted by atomic mass is 33.1. The Labute approximate surface area is 94.8 Å². The standard InChI is InChI=1S/C11H17NS2/c1-5-10-8-11(7-6-9(10)2)13-14-12(3)4/h6-8H,5H2,1-4H3. The molecule has 0 atom stereocenters. The molecule has 0 spiro atoms. The van der Waals surface area contributed by atoms with Crippen molar-refractivity contribution in [2.45, 2.75) is 25.2 Å². The molecule has 0 aliphatic rings. The summed E-state index contributed by atoms with van der Waals surface area (Å²) in [6, 6.07) is 6.68. The molecule has 0 heterocycles. The third-order valence-corrected chi connectivity index (χ3v) is 4.50. The summed E-state index contributed by atoms with van der Waals surface area (Å²) in [5.74, 6) is 0. The number of rotatable bonds is 4. The minimum Gasteiger partial charge on any atom is -0.247 e. The fraction of sp³-hybridized carbons (Fsp3) is 0.455. The first-order valence-electron chi connectivity index (χ1n) is 4.75. The highest BCUT2D eigenvalue weighted by Gasteiger charge is 2.00. The summed E-state index contributed by atoms with van der Waals surface area (Å²) in [7, 11) is 7.69. The molecular formula is C11H17NS2. The Morgan fingerprint density at radius 3 is 2.57 bits per heavy atom. The van der Waals surface area contributed by atoms with Crippen LogP contribution in [0.5, 0.6) is 0 Å². The summed E-state index contributed by atoms with van der Waals surface area (Å²) in [6.07, 6.45) is 1.12. The largest absolute Gasteiger partial charge is 0.247 e. The van der Waals surface area contributed by atoms with Crippen molar-refractivity contribution in [3.63, 3.8) is 0 Å². The second-order valence-corrected chi connectivity index (χ2v) is 5.88. The number of hydrogen-bond acceptors (Lipinski definition) is 3. The topological polar surface area (TPSA) is 3.24 Å². The smallest absolute Gasteiger partial charge is 0.0198 e. The van der Waals surface area contributed by atoms with Gasteiger partial charge in [0.1, 0.15) is 0 Å². The van der Waals surface area contributed by atoms with Gasteiger partial charge < -0.3 is 0 Å². The maximum atomic E-state index is 2.29. The lowest BCUT2D eigenvalue weighted by molar-refractivity contribution is 0.711. The molecule has 0 N–H and O–H groups in total. The average Bonchev–Trinajstić information content (AvgIpc) is 2.16. The first kappa shape index (κ1) is 12.0. The molecule has 1 nitrogen and oxygen atoms in total. The number of hydrogen-bond donors (Lipinski definition) is 0. The highest BCUT2D eigenvalue weighted by Crippen LogP contribution is 2.33. The van der Waals surface area contributed by atoms with E-state index in [2.05, 4.69) is 50.4 Å². The third kappa shape index (κ3) is 3.56. The second kappa shape index (κ2) is 5.69. The van der Waals surface area contributed by atoms with Gasteiger partial charge >= 0.3 is 0 Å². The van der Waals surface area contributed by atoms with Gasteiger partial charge in [-0.25, -0.2) is 4.31 Å². The minimum atomic E-state index is 1.12. The SMILES string of the molecule is CCc1cc(SSN(C)C)ccc1C. The Bertz CT molecular complexity index is 297. The Morgan fingerprint density at radius 1 is 1.29 bits per heavy atom. The number of nitrogens with zero attached hydrogens (tertiary/aromatic N) is 1. The zero-order chi connectivity index (χ0) is 10.6. The van der Waals surface area contributed by atoms with Crippen LogP contribution in [0.2, 0.25) is 0 Å². The fourth-order valence-corrected chi connectivity index (χ4v) is 2.76. The molecule has 0 saturated heterocycles. The van der Waals surface area contributed by atoms with Crippen molar-refractivity contribution in [3.8, 4) is 0 Å². The molecule has 0 aliphatic heterocycles. The summed E-state index contributed by atoms with van der Waals surface area (Å²) in [5, 5.41) is 0. The van der Waals surface area contributed by atoms with Gasteiger partial charge in [0, 0.05) is 4.90 Å². The molecular weight excluding hydrogens is 210 g/mol. The summed E-state index contributed by atoms with van der Waals surface area (Å²) in [5.41, 5.74) is 2.85. The van der Waals surface area contributed by atoms with Crippen molar-refractivity contribution in [2.24, 2.45) is 0 Å². The van der Waals surface area contributed by atoms with E-state index >= 15 is 0 Å². The molecule has 0 saturated carbocycles. The second-order valence-electron chi connectivity index (χ2n) is 3.41. The Morgan fingerprint density at radius 2 is 2.00 bits per heavy atom. The van der Waals surface area contributed by atoms with Gasteiger partial charge in [-0.1, -0.05) is 13.0 Å². The van der Waals surface area contributed by atoms with Crippen LogP contribution in [0.15, 0.2) is 23.1 Å². The van der Waals surface area contributed by atoms with Crippen LogP contribution in [0.25, 0.3) is 0 Å². The van der Waals surface area contributed by atoms with Crippen molar-refractivity contribution in [1.82, 2.24) is 4.31 Å². The quantitative estimate of drug-likeness (QED) is 0.569. The van der Waals surface area contributed by atoms with E-state index in [0.29, 0.717) is 0 Å². The van der Waals surface area contributed by atoms with Gasteiger partial charge in [0.15, 0.2) is 0 Å². The normalized spacial score (nSPS) is 10.9. The van der Waals surface area contributed by atoms with Gasteiger partial charge in [-0.2, -0.15) is 0 Å². The van der Waals surface area contributed by atoms with Gasteiger partial charge in [-0.15, -0.1) is 0 Å². The molecule has 1 rings (SSSR count). The lowest BCUT2D eigenvalue weighted by Crippen LogP contribution is -1.95. The van der Waals surface area contributed by atoms with E-state index in [1.54, 1.807) is 11.0 Å². The summed E-state index contributed by atoms with van der Waals surface area (Å²) in [4.78, 5) is 1.34. The molecule has 1 aromatic carbocycles. The van der Waals surface area contributed by atoms with E-state index in [9.17, 15) is 0 Å². The Hall–Kier alpha value is -0.120. The van der Waals surface area contributed by atoms with Crippen LogP contribution < -0.4 is 0 Å². The van der Waals surface area contributed by atoms with Gasteiger partial charge in [0.2, 0.25) is 0 Å². The minimum absolute atomic E-state index is 1.12. The van der Waals surface area contributed by atoms with E-state index in [1.165, 1.54) is 16.0 Å². The summed E-state index contributed by atoms with van der Waals surface area (Å²) in [6.45, 7) is 4.38. The zero-order valence-electron chi connectivity index (χ0n) is 9.20. The first-order valence-corrected chi connectivity index (χ1v) is 6.85. The van der Waals surface area contributed by atoms with Gasteiger partial charge in [0.05, 0.1) is 0 Å². The van der Waals surface area contributed by atoms with Crippen molar-refractivity contribution in [1.29, 1.82) is 0 Å². The zero-order valence-corrected chi connectivity index (χ0v) is 10.8. The van der Waals surface area contributed by atoms with Crippen LogP contribution in [-0.2, 0) is 6.42 Å². The van der Waals surface area contributed by atoms with Gasteiger partial charge in [0.25, 0.3) is 0 Å². The molecule has 0 fully saturated rings. The van der Waals surface area contributed by atoms with E-state index in [4.69, 9.17) is 0 Å². The van der Waals surface area contributed by atoms with Crippen molar-refractivity contribution in [3.05, 3.63) is 29.3 Å². The van der Waals surface area contributed by atoms with Crippen LogP contribution in [0.4, 0.5) is 0 Å². The molecule has 0 unspecified atom stereocenters. The Kier molecular flexibility index (Phi) is 4.85. The van der Waals surface area contributed by atoms with Crippen LogP contribution >= 0.6 is 21.8 Å². The predicted molar refractivity (Wildman–Crippen MR) is 67.7 cm³/mol. The molecule has 0 aliphatic carbocycles. The number of aryl methyl sites for hydroxylation is 2. The van der Waals surface area contributed by atoms with Gasteiger partial charge in [-0.3, -0.25) is 0 Å². The third-order valence-electron chi connectivity index (χ3n) is 1.98. The van der Waals surface area contributed by atoms with E-state index < -0.39 is 0 Å². The molecule has 1 aromatic rings. The van der Waals surface area contributed by atoms with Gasteiger partial charge in [-0.05, 0) is 72.5 Å². The lowest BCUT2D eigenvalue weighted by atomic mass is 10.1. The monoisotopic (exact) mass is 227 g/mol. The molecule has 0 amide bonds. The molecule has 0 bridgehead atoms. The highest BCUT2D eigenvalue weighted by molar-refractivity contribution is 8.75. The number of benzene rings is 1. The predicted octanol–water partition coefficient (Wildman–Crippen LogP) is 3.77. The van der Waals surface area contributed by atoms with Crippen molar-refractivity contribution in [2.75, 3.05) is 14.1 Å². The van der Waals surface area contributed by atoms with E-state index in [0.717, 1.165) is 6.42 Å². The molecule has 3 heteroatoms. The summed E-state index contributed by atoms with van der Waals surface area (Å²) < 4.78 is 2.11. The average molecular weight is 227 g/mol. The van der Waals surface area contributed by atoms with E-state index in [1.807, 2.05) is 10.8 Å². The molecule has 0 radical (unpaired) electrons. The van der Waals surface area contributed by atoms with Crippen LogP contribution in [0.1, 0.15) is 18.1 Å². The molecule has 14 heavy (non-hydrogen) atoms.